The topological polar surface area (TPSA) is 0 Å². The third-order valence-corrected chi connectivity index (χ3v) is 2.64. The van der Waals surface area contributed by atoms with Crippen LogP contribution in [0.15, 0.2) is 0 Å². The lowest BCUT2D eigenvalue weighted by atomic mass is 10.1. The van der Waals surface area contributed by atoms with Gasteiger partial charge in [-0.15, -0.1) is 0 Å². The highest BCUT2D eigenvalue weighted by Gasteiger charge is 2.42. The fraction of sp³-hybridized carbons (Fsp3) is 1.00. The summed E-state index contributed by atoms with van der Waals surface area (Å²) in [5.74, 6) is -0.787. The fourth-order valence-electron chi connectivity index (χ4n) is 0.706. The van der Waals surface area contributed by atoms with Crippen LogP contribution < -0.4 is 0 Å². The van der Waals surface area contributed by atoms with Crippen LogP contribution in [-0.4, -0.2) is 17.2 Å². The molecule has 0 aromatic heterocycles. The average molecular weight is 156 g/mol. The van der Waals surface area contributed by atoms with Crippen LogP contribution in [0.5, 0.6) is 0 Å². The predicted molar refractivity (Wildman–Crippen MR) is 31.4 cm³/mol. The summed E-state index contributed by atoms with van der Waals surface area (Å²) < 4.78 is 36.8. The van der Waals surface area contributed by atoms with Gasteiger partial charge < -0.3 is 0 Å². The maximum Gasteiger partial charge on any atom is 0.180 e. The van der Waals surface area contributed by atoms with Gasteiger partial charge in [0.25, 0.3) is 0 Å². The second kappa shape index (κ2) is 2.40. The van der Waals surface area contributed by atoms with Crippen molar-refractivity contribution in [2.75, 3.05) is 0 Å². The summed E-state index contributed by atoms with van der Waals surface area (Å²) in [5, 5.41) is 0. The first-order valence-electron chi connectivity index (χ1n) is 2.70. The maximum atomic E-state index is 12.3. The van der Waals surface area contributed by atoms with Crippen molar-refractivity contribution in [2.45, 2.75) is 24.1 Å². The van der Waals surface area contributed by atoms with E-state index >= 15 is 0 Å². The molecule has 0 radical (unpaired) electrons. The van der Waals surface area contributed by atoms with Crippen LogP contribution in [0.25, 0.3) is 0 Å². The lowest BCUT2D eigenvalue weighted by Crippen LogP contribution is -2.16. The van der Waals surface area contributed by atoms with Crippen molar-refractivity contribution in [2.24, 2.45) is 5.92 Å². The average Bonchev–Trinajstić information content (AvgIpc) is 1.98. The second-order valence-corrected chi connectivity index (χ2v) is 3.31. The molecule has 0 aromatic rings. The standard InChI is InChI=1S/C5H7F3S/c1-2-3(6)5(8)9-4(2)7/h2-5H,1H3. The molecule has 4 heteroatoms. The summed E-state index contributed by atoms with van der Waals surface area (Å²) in [5.41, 5.74) is -3.02. The normalized spacial score (nSPS) is 52.0. The molecule has 1 fully saturated rings. The molecule has 0 N–H and O–H groups in total. The molecule has 9 heavy (non-hydrogen) atoms. The Morgan fingerprint density at radius 3 is 1.78 bits per heavy atom. The van der Waals surface area contributed by atoms with Crippen LogP contribution in [-0.2, 0) is 0 Å². The largest absolute Gasteiger partial charge is 0.243 e. The van der Waals surface area contributed by atoms with Gasteiger partial charge in [0.15, 0.2) is 11.0 Å². The van der Waals surface area contributed by atoms with E-state index in [2.05, 4.69) is 0 Å². The van der Waals surface area contributed by atoms with E-state index in [1.165, 1.54) is 6.92 Å². The molecule has 1 aliphatic heterocycles. The Labute approximate surface area is 55.8 Å². The fourth-order valence-corrected chi connectivity index (χ4v) is 1.75. The Morgan fingerprint density at radius 1 is 1.11 bits per heavy atom. The van der Waals surface area contributed by atoms with Gasteiger partial charge in [0.2, 0.25) is 0 Å². The zero-order valence-corrected chi connectivity index (χ0v) is 5.67. The molecule has 0 aliphatic carbocycles. The molecule has 1 heterocycles. The van der Waals surface area contributed by atoms with E-state index in [9.17, 15) is 13.2 Å². The van der Waals surface area contributed by atoms with Crippen molar-refractivity contribution < 1.29 is 13.2 Å². The van der Waals surface area contributed by atoms with Gasteiger partial charge in [-0.2, -0.15) is 0 Å². The smallest absolute Gasteiger partial charge is 0.180 e. The van der Waals surface area contributed by atoms with Gasteiger partial charge in [-0.25, -0.2) is 13.2 Å². The minimum Gasteiger partial charge on any atom is -0.243 e. The van der Waals surface area contributed by atoms with E-state index in [4.69, 9.17) is 0 Å². The molecular formula is C5H7F3S. The van der Waals surface area contributed by atoms with Gasteiger partial charge in [0.1, 0.15) is 6.17 Å². The van der Waals surface area contributed by atoms with Crippen molar-refractivity contribution in [1.29, 1.82) is 0 Å². The van der Waals surface area contributed by atoms with Gasteiger partial charge in [-0.3, -0.25) is 0 Å². The van der Waals surface area contributed by atoms with Crippen LogP contribution in [0.1, 0.15) is 6.92 Å². The van der Waals surface area contributed by atoms with Gasteiger partial charge in [0.05, 0.1) is 0 Å². The van der Waals surface area contributed by atoms with Gasteiger partial charge in [0, 0.05) is 5.92 Å². The third kappa shape index (κ3) is 1.18. The van der Waals surface area contributed by atoms with Crippen LogP contribution >= 0.6 is 11.8 Å². The highest BCUT2D eigenvalue weighted by molar-refractivity contribution is 8.00. The molecule has 4 unspecified atom stereocenters. The summed E-state index contributed by atoms with van der Waals surface area (Å²) >= 11 is 0.428. The zero-order valence-electron chi connectivity index (χ0n) is 4.85. The van der Waals surface area contributed by atoms with Crippen molar-refractivity contribution in [3.63, 3.8) is 0 Å². The van der Waals surface area contributed by atoms with Crippen LogP contribution in [0, 0.1) is 5.92 Å². The summed E-state index contributed by atoms with van der Waals surface area (Å²) in [6.45, 7) is 1.38. The molecule has 1 aliphatic rings. The van der Waals surface area contributed by atoms with Crippen LogP contribution in [0.4, 0.5) is 13.2 Å². The summed E-state index contributed by atoms with van der Waals surface area (Å²) in [6.07, 6.45) is -1.62. The molecule has 0 spiro atoms. The monoisotopic (exact) mass is 156 g/mol. The third-order valence-electron chi connectivity index (χ3n) is 1.43. The van der Waals surface area contributed by atoms with Gasteiger partial charge in [-0.05, 0) is 0 Å². The lowest BCUT2D eigenvalue weighted by molar-refractivity contribution is 0.164. The SMILES string of the molecule is CC1C(F)SC(F)C1F. The van der Waals surface area contributed by atoms with E-state index in [-0.39, 0.29) is 0 Å². The number of hydrogen-bond acceptors (Lipinski definition) is 1. The van der Waals surface area contributed by atoms with E-state index in [1.807, 2.05) is 0 Å². The van der Waals surface area contributed by atoms with Crippen molar-refractivity contribution >= 4 is 11.8 Å². The Hall–Kier alpha value is 0.140. The van der Waals surface area contributed by atoms with E-state index < -0.39 is 23.1 Å². The Bertz CT molecular complexity index is 96.4. The molecule has 0 saturated carbocycles. The quantitative estimate of drug-likeness (QED) is 0.518. The first kappa shape index (κ1) is 7.25. The maximum absolute atomic E-state index is 12.3. The molecule has 0 amide bonds. The molecule has 1 saturated heterocycles. The number of hydrogen-bond donors (Lipinski definition) is 0. The molecule has 54 valence electrons. The molecule has 0 nitrogen and oxygen atoms in total. The predicted octanol–water partition coefficient (Wildman–Crippen LogP) is 2.30. The van der Waals surface area contributed by atoms with Crippen molar-refractivity contribution in [3.8, 4) is 0 Å². The first-order valence-corrected chi connectivity index (χ1v) is 3.65. The summed E-state index contributed by atoms with van der Waals surface area (Å²) in [4.78, 5) is 0. The second-order valence-electron chi connectivity index (χ2n) is 2.14. The minimum absolute atomic E-state index is 0.428. The molecule has 0 bridgehead atoms. The first-order chi connectivity index (χ1) is 4.13. The number of alkyl halides is 3. The minimum atomic E-state index is -1.66. The molecule has 1 rings (SSSR count). The van der Waals surface area contributed by atoms with E-state index in [0.717, 1.165) is 0 Å². The van der Waals surface area contributed by atoms with E-state index in [1.54, 1.807) is 0 Å². The Morgan fingerprint density at radius 2 is 1.67 bits per heavy atom. The zero-order chi connectivity index (χ0) is 7.02. The molecule has 0 aromatic carbocycles. The summed E-state index contributed by atoms with van der Waals surface area (Å²) in [6, 6.07) is 0. The highest BCUT2D eigenvalue weighted by atomic mass is 32.2. The number of rotatable bonds is 0. The molecule has 4 atom stereocenters. The Kier molecular flexibility index (Phi) is 1.94. The summed E-state index contributed by atoms with van der Waals surface area (Å²) in [7, 11) is 0. The van der Waals surface area contributed by atoms with Crippen molar-refractivity contribution in [1.82, 2.24) is 0 Å². The molecular weight excluding hydrogens is 149 g/mol. The number of thioether (sulfide) groups is 1. The van der Waals surface area contributed by atoms with Crippen LogP contribution in [0.3, 0.4) is 0 Å². The van der Waals surface area contributed by atoms with Crippen molar-refractivity contribution in [3.05, 3.63) is 0 Å². The Balaban J connectivity index is 2.54. The number of halogens is 3. The van der Waals surface area contributed by atoms with Gasteiger partial charge in [-0.1, -0.05) is 18.7 Å². The van der Waals surface area contributed by atoms with Crippen LogP contribution in [0.2, 0.25) is 0 Å². The highest BCUT2D eigenvalue weighted by Crippen LogP contribution is 2.41. The van der Waals surface area contributed by atoms with E-state index in [0.29, 0.717) is 11.8 Å². The van der Waals surface area contributed by atoms with Gasteiger partial charge >= 0.3 is 0 Å². The lowest BCUT2D eigenvalue weighted by Gasteiger charge is -2.04.